The van der Waals surface area contributed by atoms with Gasteiger partial charge in [-0.2, -0.15) is 0 Å². The molecule has 0 bridgehead atoms. The molecule has 0 radical (unpaired) electrons. The highest BCUT2D eigenvalue weighted by atomic mass is 16.5. The molecule has 1 N–H and O–H groups in total. The summed E-state index contributed by atoms with van der Waals surface area (Å²) in [7, 11) is 2.99. The summed E-state index contributed by atoms with van der Waals surface area (Å²) >= 11 is 0. The smallest absolute Gasteiger partial charge is 0.308 e. The zero-order valence-corrected chi connectivity index (χ0v) is 16.9. The van der Waals surface area contributed by atoms with Crippen molar-refractivity contribution in [2.75, 3.05) is 14.2 Å². The normalized spacial score (nSPS) is 25.5. The molecule has 0 aliphatic carbocycles. The quantitative estimate of drug-likeness (QED) is 0.697. The SMILES string of the molecule is CC[C@H](C[C@@H]1C[C@H](O)C(C)(C)[C@H](CC(=O)OC)O1)Oc1ccc(OC)cc1. The predicted octanol–water partition coefficient (Wildman–Crippen LogP) is 3.35. The summed E-state index contributed by atoms with van der Waals surface area (Å²) < 4.78 is 22.2. The number of rotatable bonds is 8. The molecule has 0 saturated carbocycles. The molecule has 2 rings (SSSR count). The van der Waals surface area contributed by atoms with Crippen molar-refractivity contribution >= 4 is 5.97 Å². The van der Waals surface area contributed by atoms with Crippen LogP contribution in [0.15, 0.2) is 24.3 Å². The lowest BCUT2D eigenvalue weighted by atomic mass is 9.74. The third kappa shape index (κ3) is 5.59. The monoisotopic (exact) mass is 380 g/mol. The van der Waals surface area contributed by atoms with Crippen molar-refractivity contribution in [2.45, 2.75) is 70.9 Å². The molecular weight excluding hydrogens is 348 g/mol. The van der Waals surface area contributed by atoms with Crippen LogP contribution in [0.3, 0.4) is 0 Å². The van der Waals surface area contributed by atoms with Gasteiger partial charge < -0.3 is 24.1 Å². The van der Waals surface area contributed by atoms with E-state index in [0.717, 1.165) is 17.9 Å². The van der Waals surface area contributed by atoms with Crippen LogP contribution >= 0.6 is 0 Å². The molecule has 6 nitrogen and oxygen atoms in total. The molecule has 6 heteroatoms. The summed E-state index contributed by atoms with van der Waals surface area (Å²) in [6, 6.07) is 7.47. The summed E-state index contributed by atoms with van der Waals surface area (Å²) in [4.78, 5) is 11.7. The first-order valence-corrected chi connectivity index (χ1v) is 9.51. The second kappa shape index (κ2) is 9.42. The van der Waals surface area contributed by atoms with Crippen molar-refractivity contribution in [1.82, 2.24) is 0 Å². The Morgan fingerprint density at radius 1 is 1.26 bits per heavy atom. The Hall–Kier alpha value is -1.79. The van der Waals surface area contributed by atoms with Gasteiger partial charge in [0, 0.05) is 18.3 Å². The molecule has 1 saturated heterocycles. The molecule has 0 spiro atoms. The molecule has 1 aliphatic rings. The van der Waals surface area contributed by atoms with Gasteiger partial charge in [-0.3, -0.25) is 4.79 Å². The summed E-state index contributed by atoms with van der Waals surface area (Å²) in [5, 5.41) is 10.6. The summed E-state index contributed by atoms with van der Waals surface area (Å²) in [5.41, 5.74) is -0.511. The van der Waals surface area contributed by atoms with Crippen LogP contribution in [0.5, 0.6) is 11.5 Å². The zero-order valence-electron chi connectivity index (χ0n) is 16.9. The number of methoxy groups -OCH3 is 2. The van der Waals surface area contributed by atoms with Crippen molar-refractivity contribution in [1.29, 1.82) is 0 Å². The van der Waals surface area contributed by atoms with E-state index >= 15 is 0 Å². The maximum atomic E-state index is 11.7. The fourth-order valence-corrected chi connectivity index (χ4v) is 3.37. The first-order valence-electron chi connectivity index (χ1n) is 9.51. The lowest BCUT2D eigenvalue weighted by Gasteiger charge is -2.46. The first kappa shape index (κ1) is 21.5. The van der Waals surface area contributed by atoms with Gasteiger partial charge in [0.2, 0.25) is 0 Å². The van der Waals surface area contributed by atoms with Crippen LogP contribution in [0, 0.1) is 5.41 Å². The molecular formula is C21H32O6. The first-order chi connectivity index (χ1) is 12.8. The van der Waals surface area contributed by atoms with Crippen LogP contribution in [0.4, 0.5) is 0 Å². The van der Waals surface area contributed by atoms with Crippen LogP contribution in [0.1, 0.15) is 46.5 Å². The number of aliphatic hydroxyl groups is 1. The predicted molar refractivity (Wildman–Crippen MR) is 102 cm³/mol. The average Bonchev–Trinajstić information content (AvgIpc) is 2.65. The summed E-state index contributed by atoms with van der Waals surface area (Å²) in [5.74, 6) is 1.22. The lowest BCUT2D eigenvalue weighted by molar-refractivity contribution is -0.188. The van der Waals surface area contributed by atoms with Gasteiger partial charge in [0.25, 0.3) is 0 Å². The van der Waals surface area contributed by atoms with Crippen LogP contribution in [0.2, 0.25) is 0 Å². The number of esters is 1. The third-order valence-electron chi connectivity index (χ3n) is 5.45. The van der Waals surface area contributed by atoms with E-state index < -0.39 is 17.6 Å². The van der Waals surface area contributed by atoms with Crippen LogP contribution in [-0.2, 0) is 14.3 Å². The number of carbonyl (C=O) groups excluding carboxylic acids is 1. The van der Waals surface area contributed by atoms with Gasteiger partial charge in [-0.15, -0.1) is 0 Å². The Balaban J connectivity index is 2.01. The standard InChI is InChI=1S/C21H32O6/c1-6-14(26-16-9-7-15(24-4)8-10-16)11-17-12-18(22)21(2,3)19(27-17)13-20(23)25-5/h7-10,14,17-19,22H,6,11-13H2,1-5H3/t14-,17-,18+,19+/m1/s1. The van der Waals surface area contributed by atoms with Crippen LogP contribution in [0.25, 0.3) is 0 Å². The fourth-order valence-electron chi connectivity index (χ4n) is 3.37. The second-order valence-electron chi connectivity index (χ2n) is 7.66. The van der Waals surface area contributed by atoms with Gasteiger partial charge in [-0.05, 0) is 30.7 Å². The Bertz CT molecular complexity index is 597. The van der Waals surface area contributed by atoms with Crippen LogP contribution < -0.4 is 9.47 Å². The van der Waals surface area contributed by atoms with Gasteiger partial charge in [-0.25, -0.2) is 0 Å². The minimum absolute atomic E-state index is 0.0458. The molecule has 4 atom stereocenters. The number of benzene rings is 1. The summed E-state index contributed by atoms with van der Waals surface area (Å²) in [6.45, 7) is 5.91. The third-order valence-corrected chi connectivity index (χ3v) is 5.45. The molecule has 0 unspecified atom stereocenters. The van der Waals surface area contributed by atoms with Gasteiger partial charge in [0.05, 0.1) is 39.0 Å². The van der Waals surface area contributed by atoms with Crippen molar-refractivity contribution in [3.05, 3.63) is 24.3 Å². The van der Waals surface area contributed by atoms with E-state index in [9.17, 15) is 9.90 Å². The highest BCUT2D eigenvalue weighted by Crippen LogP contribution is 2.39. The summed E-state index contributed by atoms with van der Waals surface area (Å²) in [6.07, 6.45) is 0.948. The molecule has 27 heavy (non-hydrogen) atoms. The number of hydrogen-bond donors (Lipinski definition) is 1. The van der Waals surface area contributed by atoms with E-state index in [0.29, 0.717) is 12.8 Å². The fraction of sp³-hybridized carbons (Fsp3) is 0.667. The van der Waals surface area contributed by atoms with Crippen molar-refractivity contribution < 1.29 is 28.8 Å². The van der Waals surface area contributed by atoms with Crippen LogP contribution in [-0.4, -0.2) is 49.7 Å². The maximum Gasteiger partial charge on any atom is 0.308 e. The zero-order chi connectivity index (χ0) is 20.0. The highest BCUT2D eigenvalue weighted by Gasteiger charge is 2.45. The Kier molecular flexibility index (Phi) is 7.50. The molecule has 1 heterocycles. The minimum Gasteiger partial charge on any atom is -0.497 e. The second-order valence-corrected chi connectivity index (χ2v) is 7.66. The van der Waals surface area contributed by atoms with E-state index in [2.05, 4.69) is 6.92 Å². The van der Waals surface area contributed by atoms with E-state index in [4.69, 9.17) is 18.9 Å². The molecule has 1 aromatic rings. The van der Waals surface area contributed by atoms with Gasteiger partial charge in [-0.1, -0.05) is 20.8 Å². The van der Waals surface area contributed by atoms with Gasteiger partial charge >= 0.3 is 5.97 Å². The van der Waals surface area contributed by atoms with E-state index in [1.54, 1.807) is 7.11 Å². The molecule has 1 fully saturated rings. The molecule has 1 aromatic carbocycles. The van der Waals surface area contributed by atoms with E-state index in [-0.39, 0.29) is 24.6 Å². The van der Waals surface area contributed by atoms with Gasteiger partial charge in [0.15, 0.2) is 0 Å². The minimum atomic E-state index is -0.551. The van der Waals surface area contributed by atoms with E-state index in [1.165, 1.54) is 7.11 Å². The van der Waals surface area contributed by atoms with Gasteiger partial charge in [0.1, 0.15) is 17.6 Å². The Morgan fingerprint density at radius 3 is 2.44 bits per heavy atom. The van der Waals surface area contributed by atoms with Crippen molar-refractivity contribution in [3.63, 3.8) is 0 Å². The molecule has 152 valence electrons. The lowest BCUT2D eigenvalue weighted by Crippen LogP contribution is -2.51. The Labute approximate surface area is 161 Å². The molecule has 0 amide bonds. The topological polar surface area (TPSA) is 74.2 Å². The number of ether oxygens (including phenoxy) is 4. The number of aliphatic hydroxyl groups excluding tert-OH is 1. The van der Waals surface area contributed by atoms with E-state index in [1.807, 2.05) is 38.1 Å². The number of carbonyl (C=O) groups is 1. The highest BCUT2D eigenvalue weighted by molar-refractivity contribution is 5.69. The molecule has 1 aliphatic heterocycles. The average molecular weight is 380 g/mol. The Morgan fingerprint density at radius 2 is 1.89 bits per heavy atom. The number of hydrogen-bond acceptors (Lipinski definition) is 6. The van der Waals surface area contributed by atoms with Crippen molar-refractivity contribution in [2.24, 2.45) is 5.41 Å². The molecule has 0 aromatic heterocycles. The largest absolute Gasteiger partial charge is 0.497 e. The van der Waals surface area contributed by atoms with Crippen molar-refractivity contribution in [3.8, 4) is 11.5 Å². The maximum absolute atomic E-state index is 11.7.